The molecule has 0 saturated carbocycles. The maximum absolute atomic E-state index is 11.6. The van der Waals surface area contributed by atoms with Gasteiger partial charge in [-0.05, 0) is 12.7 Å². The third kappa shape index (κ3) is 12.9. The molecule has 5 N–H and O–H groups in total. The maximum atomic E-state index is 11.6. The second-order valence-corrected chi connectivity index (χ2v) is 6.53. The molecule has 0 aromatic heterocycles. The number of carbonyl (C=O) groups excluding carboxylic acids is 4. The zero-order chi connectivity index (χ0) is 18.4. The second-order valence-electron chi connectivity index (χ2n) is 5.21. The smallest absolute Gasteiger partial charge is 0.237 e. The van der Waals surface area contributed by atoms with Gasteiger partial charge in [0, 0.05) is 44.6 Å². The minimum Gasteiger partial charge on any atom is -0.356 e. The van der Waals surface area contributed by atoms with E-state index in [0.717, 1.165) is 5.75 Å². The molecule has 0 spiro atoms. The first-order chi connectivity index (χ1) is 11.4. The summed E-state index contributed by atoms with van der Waals surface area (Å²) in [5.41, 5.74) is 5.69. The van der Waals surface area contributed by atoms with E-state index in [2.05, 4.69) is 16.0 Å². The van der Waals surface area contributed by atoms with Crippen LogP contribution in [0.5, 0.6) is 0 Å². The van der Waals surface area contributed by atoms with E-state index in [9.17, 15) is 19.2 Å². The standard InChI is InChI=1S/C15H28N4O4S/c1-3-24-10-12(16)15(23)19-9-6-14(22)18-8-5-13(21)17-7-4-11(2)20/h12H,3-10,16H2,1-2H3,(H,17,21)(H,18,22)(H,19,23)/t12-/m0/s1. The average molecular weight is 360 g/mol. The van der Waals surface area contributed by atoms with Gasteiger partial charge in [0.15, 0.2) is 0 Å². The van der Waals surface area contributed by atoms with Gasteiger partial charge in [-0.3, -0.25) is 19.2 Å². The van der Waals surface area contributed by atoms with Crippen LogP contribution < -0.4 is 21.7 Å². The minimum atomic E-state index is -0.572. The van der Waals surface area contributed by atoms with Crippen LogP contribution in [0.3, 0.4) is 0 Å². The van der Waals surface area contributed by atoms with Crippen molar-refractivity contribution < 1.29 is 19.2 Å². The Labute approximate surface area is 147 Å². The van der Waals surface area contributed by atoms with Gasteiger partial charge in [0.25, 0.3) is 0 Å². The quantitative estimate of drug-likeness (QED) is 0.339. The van der Waals surface area contributed by atoms with Crippen molar-refractivity contribution in [3.8, 4) is 0 Å². The lowest BCUT2D eigenvalue weighted by atomic mass is 10.3. The molecular weight excluding hydrogens is 332 g/mol. The van der Waals surface area contributed by atoms with Crippen LogP contribution in [0, 0.1) is 0 Å². The molecule has 138 valence electrons. The van der Waals surface area contributed by atoms with Crippen molar-refractivity contribution in [1.29, 1.82) is 0 Å². The first-order valence-electron chi connectivity index (χ1n) is 8.00. The molecule has 0 fully saturated rings. The maximum Gasteiger partial charge on any atom is 0.237 e. The molecule has 0 rings (SSSR count). The van der Waals surface area contributed by atoms with Gasteiger partial charge in [-0.25, -0.2) is 0 Å². The molecule has 1 atom stereocenters. The van der Waals surface area contributed by atoms with Crippen molar-refractivity contribution in [2.45, 2.75) is 39.2 Å². The number of hydrogen-bond donors (Lipinski definition) is 4. The van der Waals surface area contributed by atoms with Gasteiger partial charge in [0.1, 0.15) is 5.78 Å². The van der Waals surface area contributed by atoms with Crippen molar-refractivity contribution >= 4 is 35.3 Å². The molecular formula is C15H28N4O4S. The van der Waals surface area contributed by atoms with Crippen molar-refractivity contribution in [3.63, 3.8) is 0 Å². The molecule has 8 nitrogen and oxygen atoms in total. The molecule has 24 heavy (non-hydrogen) atoms. The summed E-state index contributed by atoms with van der Waals surface area (Å²) in [6.45, 7) is 4.18. The molecule has 9 heteroatoms. The fraction of sp³-hybridized carbons (Fsp3) is 0.733. The number of carbonyl (C=O) groups is 4. The molecule has 3 amide bonds. The Hall–Kier alpha value is -1.61. The summed E-state index contributed by atoms with van der Waals surface area (Å²) >= 11 is 1.58. The lowest BCUT2D eigenvalue weighted by Gasteiger charge is -2.11. The van der Waals surface area contributed by atoms with Gasteiger partial charge in [0.05, 0.1) is 6.04 Å². The van der Waals surface area contributed by atoms with Crippen LogP contribution in [0.1, 0.15) is 33.1 Å². The topological polar surface area (TPSA) is 130 Å². The van der Waals surface area contributed by atoms with Crippen molar-refractivity contribution in [2.75, 3.05) is 31.1 Å². The average Bonchev–Trinajstić information content (AvgIpc) is 2.52. The van der Waals surface area contributed by atoms with E-state index < -0.39 is 6.04 Å². The fourth-order valence-corrected chi connectivity index (χ4v) is 2.26. The Balaban J connectivity index is 3.67. The number of ketones is 1. The van der Waals surface area contributed by atoms with Crippen molar-refractivity contribution in [1.82, 2.24) is 16.0 Å². The molecule has 0 saturated heterocycles. The molecule has 0 bridgehead atoms. The third-order valence-corrected chi connectivity index (χ3v) is 3.97. The number of rotatable bonds is 13. The van der Waals surface area contributed by atoms with Crippen LogP contribution in [-0.2, 0) is 19.2 Å². The third-order valence-electron chi connectivity index (χ3n) is 2.96. The second kappa shape index (κ2) is 13.8. The summed E-state index contributed by atoms with van der Waals surface area (Å²) in [5, 5.41) is 7.80. The van der Waals surface area contributed by atoms with E-state index in [0.29, 0.717) is 18.7 Å². The highest BCUT2D eigenvalue weighted by Gasteiger charge is 2.13. The summed E-state index contributed by atoms with van der Waals surface area (Å²) in [7, 11) is 0. The summed E-state index contributed by atoms with van der Waals surface area (Å²) < 4.78 is 0. The van der Waals surface area contributed by atoms with Gasteiger partial charge in [0.2, 0.25) is 17.7 Å². The van der Waals surface area contributed by atoms with Crippen LogP contribution in [0.2, 0.25) is 0 Å². The summed E-state index contributed by atoms with van der Waals surface area (Å²) in [6, 6.07) is -0.572. The van der Waals surface area contributed by atoms with Gasteiger partial charge < -0.3 is 21.7 Å². The fourth-order valence-electron chi connectivity index (χ4n) is 1.62. The van der Waals surface area contributed by atoms with E-state index in [1.807, 2.05) is 6.92 Å². The van der Waals surface area contributed by atoms with Gasteiger partial charge in [-0.1, -0.05) is 6.92 Å². The molecule has 0 aromatic rings. The minimum absolute atomic E-state index is 0.0126. The molecule has 0 aliphatic rings. The summed E-state index contributed by atoms with van der Waals surface area (Å²) in [6.07, 6.45) is 0.581. The summed E-state index contributed by atoms with van der Waals surface area (Å²) in [4.78, 5) is 45.3. The normalized spacial score (nSPS) is 11.5. The highest BCUT2D eigenvalue weighted by Crippen LogP contribution is 1.99. The van der Waals surface area contributed by atoms with Crippen LogP contribution in [0.15, 0.2) is 0 Å². The van der Waals surface area contributed by atoms with E-state index in [-0.39, 0.29) is 49.4 Å². The van der Waals surface area contributed by atoms with Crippen molar-refractivity contribution in [2.24, 2.45) is 5.73 Å². The highest BCUT2D eigenvalue weighted by molar-refractivity contribution is 7.99. The van der Waals surface area contributed by atoms with Gasteiger partial charge in [-0.2, -0.15) is 11.8 Å². The number of thioether (sulfide) groups is 1. The number of hydrogen-bond acceptors (Lipinski definition) is 6. The van der Waals surface area contributed by atoms with E-state index >= 15 is 0 Å². The van der Waals surface area contributed by atoms with E-state index in [1.54, 1.807) is 11.8 Å². The molecule has 0 radical (unpaired) electrons. The molecule has 0 aromatic carbocycles. The van der Waals surface area contributed by atoms with Gasteiger partial charge >= 0.3 is 0 Å². The van der Waals surface area contributed by atoms with Crippen molar-refractivity contribution in [3.05, 3.63) is 0 Å². The predicted molar refractivity (Wildman–Crippen MR) is 94.5 cm³/mol. The number of Topliss-reactive ketones (excluding diaryl/α,β-unsaturated/α-hetero) is 1. The largest absolute Gasteiger partial charge is 0.356 e. The zero-order valence-electron chi connectivity index (χ0n) is 14.4. The van der Waals surface area contributed by atoms with Gasteiger partial charge in [-0.15, -0.1) is 0 Å². The highest BCUT2D eigenvalue weighted by atomic mass is 32.2. The Morgan fingerprint density at radius 1 is 0.917 bits per heavy atom. The molecule has 0 aliphatic heterocycles. The van der Waals surface area contributed by atoms with E-state index in [4.69, 9.17) is 5.73 Å². The lowest BCUT2D eigenvalue weighted by molar-refractivity contribution is -0.123. The number of amides is 3. The molecule has 0 heterocycles. The molecule has 0 unspecified atom stereocenters. The Bertz CT molecular complexity index is 432. The van der Waals surface area contributed by atoms with Crippen LogP contribution in [-0.4, -0.2) is 60.7 Å². The number of nitrogens with two attached hydrogens (primary N) is 1. The number of nitrogens with one attached hydrogen (secondary N) is 3. The van der Waals surface area contributed by atoms with Crippen LogP contribution >= 0.6 is 11.8 Å². The first kappa shape index (κ1) is 22.4. The van der Waals surface area contributed by atoms with Crippen LogP contribution in [0.4, 0.5) is 0 Å². The molecule has 0 aliphatic carbocycles. The Morgan fingerprint density at radius 3 is 1.92 bits per heavy atom. The van der Waals surface area contributed by atoms with Crippen LogP contribution in [0.25, 0.3) is 0 Å². The monoisotopic (exact) mass is 360 g/mol. The lowest BCUT2D eigenvalue weighted by Crippen LogP contribution is -2.43. The summed E-state index contributed by atoms with van der Waals surface area (Å²) in [5.74, 6) is 0.721. The Kier molecular flexibility index (Phi) is 12.9. The van der Waals surface area contributed by atoms with E-state index in [1.165, 1.54) is 6.92 Å². The first-order valence-corrected chi connectivity index (χ1v) is 9.16. The zero-order valence-corrected chi connectivity index (χ0v) is 15.2. The SMILES string of the molecule is CCSC[C@H](N)C(=O)NCCC(=O)NCCC(=O)NCCC(C)=O. The predicted octanol–water partition coefficient (Wildman–Crippen LogP) is -0.825. The Morgan fingerprint density at radius 2 is 1.42 bits per heavy atom.